The fourth-order valence-electron chi connectivity index (χ4n) is 1.48. The van der Waals surface area contributed by atoms with E-state index in [0.29, 0.717) is 19.6 Å². The van der Waals surface area contributed by atoms with E-state index in [4.69, 9.17) is 6.74 Å². The summed E-state index contributed by atoms with van der Waals surface area (Å²) in [6.45, 7) is 10.8. The van der Waals surface area contributed by atoms with Gasteiger partial charge in [-0.25, -0.2) is 0 Å². The van der Waals surface area contributed by atoms with Crippen molar-refractivity contribution in [2.75, 3.05) is 19.6 Å². The normalized spacial score (nSPS) is 13.4. The molecule has 0 aromatic heterocycles. The molecule has 0 aliphatic heterocycles. The summed E-state index contributed by atoms with van der Waals surface area (Å²) in [6, 6.07) is 0. The molecule has 0 radical (unpaired) electrons. The van der Waals surface area contributed by atoms with Gasteiger partial charge in [0.15, 0.2) is 0 Å². The van der Waals surface area contributed by atoms with Crippen LogP contribution in [0.5, 0.6) is 0 Å². The minimum absolute atomic E-state index is 0.189. The maximum atomic E-state index is 12.9. The molecule has 6 nitrogen and oxygen atoms in total. The predicted molar refractivity (Wildman–Crippen MR) is 59.0 cm³/mol. The van der Waals surface area contributed by atoms with Gasteiger partial charge in [0.1, 0.15) is 0 Å². The van der Waals surface area contributed by atoms with Crippen LogP contribution in [0.3, 0.4) is 0 Å². The van der Waals surface area contributed by atoms with Gasteiger partial charge < -0.3 is 0 Å². The van der Waals surface area contributed by atoms with E-state index in [0.717, 1.165) is 0 Å². The second-order valence-electron chi connectivity index (χ2n) is 3.81. The number of nitrogens with one attached hydrogen (secondary N) is 3. The van der Waals surface area contributed by atoms with Gasteiger partial charge in [-0.05, 0) is 0 Å². The predicted octanol–water partition coefficient (Wildman–Crippen LogP) is 0.867. The van der Waals surface area contributed by atoms with Crippen molar-refractivity contribution in [1.29, 1.82) is 0 Å². The SMILES string of the molecule is CCN[O][Ti](=[O])([NH]CC)([NH]CC)[O]C(C)C. The van der Waals surface area contributed by atoms with Gasteiger partial charge in [0.2, 0.25) is 0 Å². The Hall–Kier alpha value is 0.314. The van der Waals surface area contributed by atoms with Crippen molar-refractivity contribution in [3.8, 4) is 0 Å². The molecule has 3 N–H and O–H groups in total. The first kappa shape index (κ1) is 16.3. The van der Waals surface area contributed by atoms with Crippen LogP contribution in [-0.2, 0) is 26.6 Å². The van der Waals surface area contributed by atoms with Crippen molar-refractivity contribution in [3.05, 3.63) is 0 Å². The average molecular weight is 271 g/mol. The Bertz CT molecular complexity index is 248. The summed E-state index contributed by atoms with van der Waals surface area (Å²) >= 11 is -4.96. The van der Waals surface area contributed by atoms with E-state index in [-0.39, 0.29) is 6.10 Å². The van der Waals surface area contributed by atoms with Crippen molar-refractivity contribution in [3.63, 3.8) is 0 Å². The Labute approximate surface area is 100 Å². The van der Waals surface area contributed by atoms with Crippen LogP contribution in [0.4, 0.5) is 0 Å². The van der Waals surface area contributed by atoms with Crippen LogP contribution in [-0.4, -0.2) is 25.7 Å². The first-order valence-corrected chi connectivity index (χ1v) is 9.36. The fourth-order valence-corrected chi connectivity index (χ4v) is 6.12. The van der Waals surface area contributed by atoms with Crippen molar-refractivity contribution >= 4 is 0 Å². The third-order valence-electron chi connectivity index (χ3n) is 1.82. The molecule has 0 saturated heterocycles. The van der Waals surface area contributed by atoms with Crippen LogP contribution in [0.25, 0.3) is 0 Å². The zero-order valence-electron chi connectivity index (χ0n) is 10.9. The summed E-state index contributed by atoms with van der Waals surface area (Å²) in [5.41, 5.74) is 2.63. The second kappa shape index (κ2) is 6.91. The molecule has 0 amide bonds. The van der Waals surface area contributed by atoms with Gasteiger partial charge in [0.25, 0.3) is 0 Å². The summed E-state index contributed by atoms with van der Waals surface area (Å²) in [6.07, 6.45) is -0.189. The number of rotatable bonds is 9. The topological polar surface area (TPSA) is 71.6 Å². The third kappa shape index (κ3) is 5.10. The molecule has 0 heterocycles. The Morgan fingerprint density at radius 1 is 1.06 bits per heavy atom. The van der Waals surface area contributed by atoms with Crippen LogP contribution < -0.4 is 13.1 Å². The number of hydroxylamine groups is 1. The zero-order valence-corrected chi connectivity index (χ0v) is 12.5. The van der Waals surface area contributed by atoms with Crippen molar-refractivity contribution < 1.29 is 26.6 Å². The molecule has 0 atom stereocenters. The molecule has 0 aliphatic rings. The van der Waals surface area contributed by atoms with E-state index in [1.807, 2.05) is 34.6 Å². The summed E-state index contributed by atoms with van der Waals surface area (Å²) < 4.78 is 29.5. The van der Waals surface area contributed by atoms with Gasteiger partial charge in [-0.2, -0.15) is 0 Å². The molecule has 0 aliphatic carbocycles. The molecule has 0 aromatic rings. The van der Waals surface area contributed by atoms with Crippen LogP contribution in [0.1, 0.15) is 34.6 Å². The van der Waals surface area contributed by atoms with Crippen LogP contribution in [0.2, 0.25) is 0 Å². The van der Waals surface area contributed by atoms with Crippen molar-refractivity contribution in [2.24, 2.45) is 0 Å². The van der Waals surface area contributed by atoms with E-state index in [1.54, 1.807) is 0 Å². The van der Waals surface area contributed by atoms with Gasteiger partial charge in [0.05, 0.1) is 0 Å². The molecule has 0 saturated carbocycles. The molecule has 0 spiro atoms. The number of hydrogen-bond donors (Lipinski definition) is 3. The summed E-state index contributed by atoms with van der Waals surface area (Å²) in [5, 5.41) is 0. The monoisotopic (exact) mass is 271 g/mol. The number of hydrogen-bond acceptors (Lipinski definition) is 4. The zero-order chi connectivity index (χ0) is 12.7. The van der Waals surface area contributed by atoms with Crippen LogP contribution in [0, 0.1) is 0 Å². The van der Waals surface area contributed by atoms with Gasteiger partial charge in [-0.15, -0.1) is 0 Å². The molecular weight excluding hydrogens is 246 g/mol. The van der Waals surface area contributed by atoms with Crippen LogP contribution >= 0.6 is 0 Å². The maximum absolute atomic E-state index is 12.9. The summed E-state index contributed by atoms with van der Waals surface area (Å²) in [5.74, 6) is 0. The fraction of sp³-hybridized carbons (Fsp3) is 1.00. The second-order valence-corrected chi connectivity index (χ2v) is 8.69. The van der Waals surface area contributed by atoms with E-state index in [9.17, 15) is 3.32 Å². The van der Waals surface area contributed by atoms with Gasteiger partial charge in [-0.1, -0.05) is 0 Å². The molecule has 0 rings (SSSR count). The Morgan fingerprint density at radius 2 is 1.56 bits per heavy atom. The standard InChI is InChI=1S/C3H7O.C2H6NO.2C2H6N.O.Ti/c1-3(2)4;1-2-3-4;2*1-2-3;;/h3H,1-2H3;3H,2H2,1H3;2*3H,2H2,1H3;;/q4*-1;;+4. The quantitative estimate of drug-likeness (QED) is 0.427. The minimum atomic E-state index is -4.96. The first-order chi connectivity index (χ1) is 7.40. The molecule has 0 bridgehead atoms. The Kier molecular flexibility index (Phi) is 7.04. The molecule has 98 valence electrons. The average Bonchev–Trinajstić information content (AvgIpc) is 2.14. The van der Waals surface area contributed by atoms with E-state index < -0.39 is 16.6 Å². The molecule has 7 heteroatoms. The molecule has 0 unspecified atom stereocenters. The van der Waals surface area contributed by atoms with Gasteiger partial charge in [-0.3, -0.25) is 0 Å². The van der Waals surface area contributed by atoms with Crippen molar-refractivity contribution in [1.82, 2.24) is 13.1 Å². The first-order valence-electron chi connectivity index (χ1n) is 5.89. The van der Waals surface area contributed by atoms with Crippen LogP contribution in [0.15, 0.2) is 0 Å². The Morgan fingerprint density at radius 3 is 1.88 bits per heavy atom. The van der Waals surface area contributed by atoms with Crippen molar-refractivity contribution in [2.45, 2.75) is 40.7 Å². The molecule has 16 heavy (non-hydrogen) atoms. The Balaban J connectivity index is 4.95. The summed E-state index contributed by atoms with van der Waals surface area (Å²) in [4.78, 5) is 0. The molecule has 0 aromatic carbocycles. The summed E-state index contributed by atoms with van der Waals surface area (Å²) in [7, 11) is 0. The van der Waals surface area contributed by atoms with Gasteiger partial charge >= 0.3 is 100 Å². The van der Waals surface area contributed by atoms with E-state index in [2.05, 4.69) is 13.1 Å². The molecular formula is C9H25N3O3Ti. The van der Waals surface area contributed by atoms with E-state index in [1.165, 1.54) is 0 Å². The molecule has 0 fully saturated rings. The van der Waals surface area contributed by atoms with E-state index >= 15 is 0 Å². The van der Waals surface area contributed by atoms with Gasteiger partial charge in [0, 0.05) is 0 Å². The third-order valence-corrected chi connectivity index (χ3v) is 7.03.